The first-order valence-electron chi connectivity index (χ1n) is 9.48. The minimum absolute atomic E-state index is 0.0398. The largest absolute Gasteiger partial charge is 0.394 e. The van der Waals surface area contributed by atoms with Gasteiger partial charge in [0.25, 0.3) is 0 Å². The molecular formula is C22H25FN2O3. The number of hydrogen-bond donors (Lipinski definition) is 2. The molecule has 1 heterocycles. The third kappa shape index (κ3) is 3.92. The number of aliphatic hydroxyl groups is 1. The van der Waals surface area contributed by atoms with E-state index in [1.165, 1.54) is 19.1 Å². The van der Waals surface area contributed by atoms with Gasteiger partial charge in [0.15, 0.2) is 0 Å². The number of carbonyl (C=O) groups excluding carboxylic acids is 2. The van der Waals surface area contributed by atoms with Gasteiger partial charge in [0.1, 0.15) is 5.82 Å². The van der Waals surface area contributed by atoms with E-state index in [4.69, 9.17) is 0 Å². The fourth-order valence-corrected chi connectivity index (χ4v) is 3.98. The molecule has 3 rings (SSSR count). The number of hydrogen-bond acceptors (Lipinski definition) is 3. The Balaban J connectivity index is 1.86. The van der Waals surface area contributed by atoms with E-state index in [0.717, 1.165) is 16.7 Å². The van der Waals surface area contributed by atoms with Crippen LogP contribution in [0.25, 0.3) is 11.1 Å². The van der Waals surface area contributed by atoms with Crippen LogP contribution in [-0.4, -0.2) is 47.1 Å². The molecule has 2 amide bonds. The maximum absolute atomic E-state index is 13.5. The number of rotatable bonds is 6. The van der Waals surface area contributed by atoms with Gasteiger partial charge >= 0.3 is 0 Å². The lowest BCUT2D eigenvalue weighted by Gasteiger charge is -2.55. The molecule has 0 radical (unpaired) electrons. The molecule has 0 unspecified atom stereocenters. The van der Waals surface area contributed by atoms with Crippen LogP contribution in [0.2, 0.25) is 0 Å². The summed E-state index contributed by atoms with van der Waals surface area (Å²) in [7, 11) is 0. The van der Waals surface area contributed by atoms with Gasteiger partial charge in [0, 0.05) is 25.8 Å². The molecule has 1 aliphatic rings. The quantitative estimate of drug-likeness (QED) is 0.805. The van der Waals surface area contributed by atoms with Gasteiger partial charge < -0.3 is 15.3 Å². The van der Waals surface area contributed by atoms with Crippen molar-refractivity contribution >= 4 is 11.8 Å². The Morgan fingerprint density at radius 1 is 1.11 bits per heavy atom. The molecule has 0 aromatic heterocycles. The van der Waals surface area contributed by atoms with Crippen LogP contribution >= 0.6 is 0 Å². The van der Waals surface area contributed by atoms with Crippen molar-refractivity contribution < 1.29 is 19.1 Å². The van der Waals surface area contributed by atoms with Crippen molar-refractivity contribution in [1.29, 1.82) is 0 Å². The molecule has 148 valence electrons. The van der Waals surface area contributed by atoms with Gasteiger partial charge in [-0.3, -0.25) is 9.59 Å². The number of carbonyl (C=O) groups is 2. The zero-order valence-corrected chi connectivity index (χ0v) is 16.1. The Hall–Kier alpha value is -2.73. The van der Waals surface area contributed by atoms with Crippen LogP contribution in [-0.2, 0) is 9.59 Å². The Bertz CT molecular complexity index is 853. The average Bonchev–Trinajstić information content (AvgIpc) is 2.67. The molecule has 28 heavy (non-hydrogen) atoms. The molecule has 0 spiro atoms. The summed E-state index contributed by atoms with van der Waals surface area (Å²) < 4.78 is 13.5. The molecule has 0 bridgehead atoms. The summed E-state index contributed by atoms with van der Waals surface area (Å²) in [6, 6.07) is 13.6. The molecule has 2 aromatic carbocycles. The summed E-state index contributed by atoms with van der Waals surface area (Å²) >= 11 is 0. The van der Waals surface area contributed by atoms with E-state index < -0.39 is 0 Å². The van der Waals surface area contributed by atoms with Crippen molar-refractivity contribution in [1.82, 2.24) is 10.2 Å². The molecular weight excluding hydrogens is 359 g/mol. The number of amides is 2. The van der Waals surface area contributed by atoms with Crippen molar-refractivity contribution in [2.45, 2.75) is 38.3 Å². The van der Waals surface area contributed by atoms with Crippen LogP contribution in [0.3, 0.4) is 0 Å². The maximum Gasteiger partial charge on any atom is 0.222 e. The Labute approximate surface area is 164 Å². The fraction of sp³-hybridized carbons (Fsp3) is 0.364. The standard InChI is InChI=1S/C22H25FN2O3/c1-3-21(28)25-19(12-24-14(2)27)22(20(25)13-26)16-9-7-15(8-10-16)17-5-4-6-18(23)11-17/h4-11,19-20,22,26H,3,12-13H2,1-2H3,(H,24,27)/t19-,20+,22-/m1/s1. The molecule has 1 aliphatic heterocycles. The highest BCUT2D eigenvalue weighted by Crippen LogP contribution is 2.41. The molecule has 6 heteroatoms. The molecule has 5 nitrogen and oxygen atoms in total. The summed E-state index contributed by atoms with van der Waals surface area (Å²) in [5.74, 6) is -0.558. The number of nitrogens with one attached hydrogen (secondary N) is 1. The second-order valence-electron chi connectivity index (χ2n) is 7.07. The van der Waals surface area contributed by atoms with E-state index in [0.29, 0.717) is 13.0 Å². The SMILES string of the molecule is CCC(=O)N1[C@H](CNC(C)=O)[C@@H](c2ccc(-c3cccc(F)c3)cc2)[C@@H]1CO. The molecule has 2 aromatic rings. The second kappa shape index (κ2) is 8.52. The molecule has 0 saturated carbocycles. The number of likely N-dealkylation sites (tertiary alicyclic amines) is 1. The molecule has 3 atom stereocenters. The minimum atomic E-state index is -0.314. The highest BCUT2D eigenvalue weighted by Gasteiger charge is 2.50. The zero-order chi connectivity index (χ0) is 20.3. The van der Waals surface area contributed by atoms with Gasteiger partial charge in [-0.05, 0) is 28.8 Å². The third-order valence-electron chi connectivity index (χ3n) is 5.33. The molecule has 0 aliphatic carbocycles. The highest BCUT2D eigenvalue weighted by atomic mass is 19.1. The van der Waals surface area contributed by atoms with E-state index in [-0.39, 0.29) is 42.2 Å². The first-order chi connectivity index (χ1) is 13.5. The predicted molar refractivity (Wildman–Crippen MR) is 105 cm³/mol. The maximum atomic E-state index is 13.5. The molecule has 1 fully saturated rings. The normalized spacial score (nSPS) is 21.1. The molecule has 2 N–H and O–H groups in total. The monoisotopic (exact) mass is 384 g/mol. The molecule has 1 saturated heterocycles. The predicted octanol–water partition coefficient (Wildman–Crippen LogP) is 2.69. The van der Waals surface area contributed by atoms with Crippen LogP contribution < -0.4 is 5.32 Å². The number of benzene rings is 2. The van der Waals surface area contributed by atoms with Crippen LogP contribution in [0, 0.1) is 5.82 Å². The van der Waals surface area contributed by atoms with Gasteiger partial charge in [-0.25, -0.2) is 4.39 Å². The summed E-state index contributed by atoms with van der Waals surface area (Å²) in [6.07, 6.45) is 0.346. The van der Waals surface area contributed by atoms with Gasteiger partial charge in [-0.1, -0.05) is 43.3 Å². The van der Waals surface area contributed by atoms with E-state index >= 15 is 0 Å². The lowest BCUT2D eigenvalue weighted by atomic mass is 9.74. The van der Waals surface area contributed by atoms with Crippen molar-refractivity contribution in [2.75, 3.05) is 13.2 Å². The summed E-state index contributed by atoms with van der Waals surface area (Å²) in [6.45, 7) is 3.43. The van der Waals surface area contributed by atoms with E-state index in [9.17, 15) is 19.1 Å². The second-order valence-corrected chi connectivity index (χ2v) is 7.07. The first-order valence-corrected chi connectivity index (χ1v) is 9.48. The van der Waals surface area contributed by atoms with E-state index in [1.807, 2.05) is 30.3 Å². The summed E-state index contributed by atoms with van der Waals surface area (Å²) in [4.78, 5) is 25.4. The topological polar surface area (TPSA) is 69.6 Å². The Morgan fingerprint density at radius 3 is 2.39 bits per heavy atom. The zero-order valence-electron chi connectivity index (χ0n) is 16.1. The lowest BCUT2D eigenvalue weighted by Crippen LogP contribution is -2.68. The van der Waals surface area contributed by atoms with Crippen molar-refractivity contribution in [2.24, 2.45) is 0 Å². The third-order valence-corrected chi connectivity index (χ3v) is 5.33. The number of nitrogens with zero attached hydrogens (tertiary/aromatic N) is 1. The van der Waals surface area contributed by atoms with Crippen LogP contribution in [0.5, 0.6) is 0 Å². The fourth-order valence-electron chi connectivity index (χ4n) is 3.98. The number of aliphatic hydroxyl groups excluding tert-OH is 1. The van der Waals surface area contributed by atoms with Crippen molar-refractivity contribution in [3.8, 4) is 11.1 Å². The van der Waals surface area contributed by atoms with E-state index in [1.54, 1.807) is 17.9 Å². The summed E-state index contributed by atoms with van der Waals surface area (Å²) in [5.41, 5.74) is 2.66. The first kappa shape index (κ1) is 20.0. The lowest BCUT2D eigenvalue weighted by molar-refractivity contribution is -0.150. The van der Waals surface area contributed by atoms with Gasteiger partial charge in [0.05, 0.1) is 18.7 Å². The van der Waals surface area contributed by atoms with Gasteiger partial charge in [-0.15, -0.1) is 0 Å². The van der Waals surface area contributed by atoms with Crippen molar-refractivity contribution in [3.63, 3.8) is 0 Å². The highest BCUT2D eigenvalue weighted by molar-refractivity contribution is 5.79. The Kier molecular flexibility index (Phi) is 6.09. The Morgan fingerprint density at radius 2 is 1.82 bits per heavy atom. The smallest absolute Gasteiger partial charge is 0.222 e. The van der Waals surface area contributed by atoms with E-state index in [2.05, 4.69) is 5.32 Å². The van der Waals surface area contributed by atoms with Crippen LogP contribution in [0.15, 0.2) is 48.5 Å². The summed E-state index contributed by atoms with van der Waals surface area (Å²) in [5, 5.41) is 12.7. The van der Waals surface area contributed by atoms with Crippen molar-refractivity contribution in [3.05, 3.63) is 59.9 Å². The van der Waals surface area contributed by atoms with Gasteiger partial charge in [-0.2, -0.15) is 0 Å². The average molecular weight is 384 g/mol. The van der Waals surface area contributed by atoms with Gasteiger partial charge in [0.2, 0.25) is 11.8 Å². The number of halogens is 1. The minimum Gasteiger partial charge on any atom is -0.394 e. The van der Waals surface area contributed by atoms with Crippen LogP contribution in [0.4, 0.5) is 4.39 Å². The van der Waals surface area contributed by atoms with Crippen LogP contribution in [0.1, 0.15) is 31.7 Å².